The summed E-state index contributed by atoms with van der Waals surface area (Å²) < 4.78 is 47.5. The lowest BCUT2D eigenvalue weighted by atomic mass is 10.1. The van der Waals surface area contributed by atoms with Gasteiger partial charge in [-0.3, -0.25) is 4.18 Å². The van der Waals surface area contributed by atoms with Gasteiger partial charge in [0.05, 0.1) is 6.61 Å². The molecule has 0 amide bonds. The SMILES string of the molecule is CC1(C)O[C@H]2O[C@H]([C@H]3COC(C)(C)O3)[C@H](OS(=O)CCCCN=[N+]=[N-])[C@H]2O1. The smallest absolute Gasteiger partial charge is 0.190 e. The van der Waals surface area contributed by atoms with E-state index in [4.69, 9.17) is 33.4 Å². The predicted octanol–water partition coefficient (Wildman–Crippen LogP) is 2.15. The molecule has 3 saturated heterocycles. The molecule has 11 heteroatoms. The van der Waals surface area contributed by atoms with Crippen LogP contribution in [0, 0.1) is 0 Å². The van der Waals surface area contributed by atoms with Gasteiger partial charge in [0.25, 0.3) is 0 Å². The highest BCUT2D eigenvalue weighted by atomic mass is 32.2. The van der Waals surface area contributed by atoms with Crippen LogP contribution in [0.15, 0.2) is 5.11 Å². The highest BCUT2D eigenvalue weighted by Crippen LogP contribution is 2.42. The van der Waals surface area contributed by atoms with Crippen LogP contribution in [0.1, 0.15) is 40.5 Å². The molecule has 3 aliphatic rings. The summed E-state index contributed by atoms with van der Waals surface area (Å²) in [6.45, 7) is 7.98. The van der Waals surface area contributed by atoms with Crippen LogP contribution < -0.4 is 0 Å². The van der Waals surface area contributed by atoms with Crippen LogP contribution in [-0.2, 0) is 38.9 Å². The molecule has 0 bridgehead atoms. The van der Waals surface area contributed by atoms with Gasteiger partial charge in [0.1, 0.15) is 24.4 Å². The zero-order valence-corrected chi connectivity index (χ0v) is 16.8. The van der Waals surface area contributed by atoms with Crippen LogP contribution in [-0.4, -0.2) is 65.4 Å². The van der Waals surface area contributed by atoms with E-state index in [9.17, 15) is 4.21 Å². The molecule has 3 heterocycles. The molecule has 0 saturated carbocycles. The van der Waals surface area contributed by atoms with Gasteiger partial charge in [-0.05, 0) is 46.1 Å². The van der Waals surface area contributed by atoms with Crippen molar-refractivity contribution in [2.45, 2.75) is 82.8 Å². The van der Waals surface area contributed by atoms with Gasteiger partial charge >= 0.3 is 0 Å². The summed E-state index contributed by atoms with van der Waals surface area (Å²) in [7, 11) is 0. The first-order chi connectivity index (χ1) is 12.7. The highest BCUT2D eigenvalue weighted by molar-refractivity contribution is 7.80. The van der Waals surface area contributed by atoms with Crippen molar-refractivity contribution >= 4 is 11.1 Å². The Labute approximate surface area is 161 Å². The van der Waals surface area contributed by atoms with E-state index < -0.39 is 47.3 Å². The molecular formula is C16H27N3O7S. The molecule has 3 rings (SSSR count). The van der Waals surface area contributed by atoms with Gasteiger partial charge in [0.2, 0.25) is 0 Å². The van der Waals surface area contributed by atoms with Crippen molar-refractivity contribution < 1.29 is 32.1 Å². The molecule has 0 aromatic carbocycles. The lowest BCUT2D eigenvalue weighted by molar-refractivity contribution is -0.230. The van der Waals surface area contributed by atoms with Gasteiger partial charge in [-0.1, -0.05) is 5.11 Å². The second-order valence-electron chi connectivity index (χ2n) is 7.67. The molecule has 1 unspecified atom stereocenters. The van der Waals surface area contributed by atoms with E-state index in [1.165, 1.54) is 0 Å². The maximum Gasteiger partial charge on any atom is 0.190 e. The fourth-order valence-corrected chi connectivity index (χ4v) is 4.41. The van der Waals surface area contributed by atoms with Gasteiger partial charge in [0.15, 0.2) is 28.9 Å². The first-order valence-electron chi connectivity index (χ1n) is 9.10. The molecule has 3 aliphatic heterocycles. The quantitative estimate of drug-likeness (QED) is 0.262. The van der Waals surface area contributed by atoms with Crippen LogP contribution in [0.2, 0.25) is 0 Å². The Kier molecular flexibility index (Phi) is 6.44. The molecule has 154 valence electrons. The van der Waals surface area contributed by atoms with Gasteiger partial charge in [0, 0.05) is 17.2 Å². The van der Waals surface area contributed by atoms with Crippen molar-refractivity contribution in [2.75, 3.05) is 18.9 Å². The lowest BCUT2D eigenvalue weighted by Crippen LogP contribution is -2.44. The molecule has 10 nitrogen and oxygen atoms in total. The number of hydrogen-bond acceptors (Lipinski definition) is 8. The third-order valence-corrected chi connectivity index (χ3v) is 5.58. The number of ether oxygens (including phenoxy) is 5. The number of unbranched alkanes of at least 4 members (excludes halogenated alkanes) is 1. The first-order valence-corrected chi connectivity index (χ1v) is 10.3. The third kappa shape index (κ3) is 5.18. The minimum absolute atomic E-state index is 0.333. The van der Waals surface area contributed by atoms with Gasteiger partial charge in [-0.25, -0.2) is 4.21 Å². The van der Waals surface area contributed by atoms with E-state index in [-0.39, 0.29) is 6.10 Å². The second kappa shape index (κ2) is 8.30. The normalized spacial score (nSPS) is 37.7. The molecular weight excluding hydrogens is 378 g/mol. The molecule has 3 fully saturated rings. The van der Waals surface area contributed by atoms with Crippen molar-refractivity contribution in [1.82, 2.24) is 0 Å². The minimum Gasteiger partial charge on any atom is -0.348 e. The Balaban J connectivity index is 1.62. The summed E-state index contributed by atoms with van der Waals surface area (Å²) in [5.41, 5.74) is 8.28. The Morgan fingerprint density at radius 3 is 2.59 bits per heavy atom. The van der Waals surface area contributed by atoms with Crippen LogP contribution in [0.25, 0.3) is 10.4 Å². The third-order valence-electron chi connectivity index (χ3n) is 4.52. The molecule has 0 aromatic heterocycles. The van der Waals surface area contributed by atoms with Crippen LogP contribution in [0.5, 0.6) is 0 Å². The Morgan fingerprint density at radius 1 is 1.15 bits per heavy atom. The Bertz CT molecular complexity index is 611. The molecule has 0 radical (unpaired) electrons. The molecule has 0 N–H and O–H groups in total. The maximum atomic E-state index is 12.4. The molecule has 0 spiro atoms. The predicted molar refractivity (Wildman–Crippen MR) is 94.7 cm³/mol. The standard InChI is InChI=1S/C16H27N3O7S/c1-15(2)21-9-10(23-15)11-12(13-14(22-11)25-16(3,4)24-13)26-27(20)8-6-5-7-18-19-17/h10-14H,5-9H2,1-4H3/t10-,11-,12+,13-,14-,27?/m1/s1. The average molecular weight is 405 g/mol. The molecule has 6 atom stereocenters. The fraction of sp³-hybridized carbons (Fsp3) is 1.00. The van der Waals surface area contributed by atoms with Crippen LogP contribution >= 0.6 is 0 Å². The maximum absolute atomic E-state index is 12.4. The fourth-order valence-electron chi connectivity index (χ4n) is 3.41. The Hall–Kier alpha value is -0.780. The van der Waals surface area contributed by atoms with E-state index in [1.807, 2.05) is 13.8 Å². The first kappa shape index (κ1) is 20.9. The average Bonchev–Trinajstić information content (AvgIpc) is 3.18. The molecule has 0 aromatic rings. The lowest BCUT2D eigenvalue weighted by Gasteiger charge is -2.28. The van der Waals surface area contributed by atoms with Crippen molar-refractivity contribution in [3.8, 4) is 0 Å². The van der Waals surface area contributed by atoms with E-state index in [0.29, 0.717) is 31.7 Å². The van der Waals surface area contributed by atoms with Gasteiger partial charge in [-0.15, -0.1) is 0 Å². The van der Waals surface area contributed by atoms with E-state index in [2.05, 4.69) is 10.0 Å². The topological polar surface area (TPSA) is 121 Å². The zero-order chi connectivity index (χ0) is 19.7. The van der Waals surface area contributed by atoms with Crippen molar-refractivity contribution in [3.63, 3.8) is 0 Å². The number of fused-ring (bicyclic) bond motifs is 1. The van der Waals surface area contributed by atoms with Crippen molar-refractivity contribution in [1.29, 1.82) is 0 Å². The summed E-state index contributed by atoms with van der Waals surface area (Å²) in [5.74, 6) is -1.18. The summed E-state index contributed by atoms with van der Waals surface area (Å²) in [4.78, 5) is 2.70. The van der Waals surface area contributed by atoms with Crippen LogP contribution in [0.3, 0.4) is 0 Å². The van der Waals surface area contributed by atoms with E-state index in [0.717, 1.165) is 0 Å². The number of azide groups is 1. The number of rotatable bonds is 8. The summed E-state index contributed by atoms with van der Waals surface area (Å²) in [6.07, 6.45) is -1.31. The summed E-state index contributed by atoms with van der Waals surface area (Å²) in [6, 6.07) is 0. The van der Waals surface area contributed by atoms with E-state index in [1.54, 1.807) is 13.8 Å². The van der Waals surface area contributed by atoms with Gasteiger partial charge < -0.3 is 23.7 Å². The Morgan fingerprint density at radius 2 is 1.93 bits per heavy atom. The van der Waals surface area contributed by atoms with Crippen molar-refractivity contribution in [2.24, 2.45) is 5.11 Å². The summed E-state index contributed by atoms with van der Waals surface area (Å²) >= 11 is -1.54. The van der Waals surface area contributed by atoms with E-state index >= 15 is 0 Å². The molecule has 0 aliphatic carbocycles. The minimum atomic E-state index is -1.54. The summed E-state index contributed by atoms with van der Waals surface area (Å²) in [5, 5.41) is 3.46. The molecule has 27 heavy (non-hydrogen) atoms. The number of nitrogens with zero attached hydrogens (tertiary/aromatic N) is 3. The monoisotopic (exact) mass is 405 g/mol. The highest BCUT2D eigenvalue weighted by Gasteiger charge is 2.59. The largest absolute Gasteiger partial charge is 0.348 e. The van der Waals surface area contributed by atoms with Crippen molar-refractivity contribution in [3.05, 3.63) is 10.4 Å². The zero-order valence-electron chi connectivity index (χ0n) is 16.0. The number of hydrogen-bond donors (Lipinski definition) is 0. The van der Waals surface area contributed by atoms with Crippen LogP contribution in [0.4, 0.5) is 0 Å². The van der Waals surface area contributed by atoms with Gasteiger partial charge in [-0.2, -0.15) is 0 Å². The second-order valence-corrected chi connectivity index (χ2v) is 8.87.